The second kappa shape index (κ2) is 18.7. The molecule has 0 saturated carbocycles. The fourth-order valence-corrected chi connectivity index (χ4v) is 7.41. The van der Waals surface area contributed by atoms with E-state index in [4.69, 9.17) is 6.92 Å². The third-order valence-corrected chi connectivity index (χ3v) is 10.9. The molecule has 2 nitrogen and oxygen atoms in total. The lowest BCUT2D eigenvalue weighted by molar-refractivity contribution is 0.311. The van der Waals surface area contributed by atoms with E-state index in [2.05, 4.69) is 114 Å². The number of aromatic hydroxyl groups is 2. The normalized spacial score (nSPS) is 13.3. The number of unbranched alkanes of at least 4 members (excludes halogenated alkanes) is 13. The molecule has 1 radical (unpaired) electrons. The van der Waals surface area contributed by atoms with E-state index < -0.39 is 0 Å². The van der Waals surface area contributed by atoms with Crippen molar-refractivity contribution in [1.29, 1.82) is 0 Å². The van der Waals surface area contributed by atoms with Gasteiger partial charge in [0.2, 0.25) is 0 Å². The van der Waals surface area contributed by atoms with Crippen molar-refractivity contribution in [3.8, 4) is 11.5 Å². The topological polar surface area (TPSA) is 40.5 Å². The minimum atomic E-state index is -0.372. The van der Waals surface area contributed by atoms with Crippen molar-refractivity contribution < 1.29 is 10.2 Å². The molecule has 0 bridgehead atoms. The van der Waals surface area contributed by atoms with Gasteiger partial charge >= 0.3 is 0 Å². The van der Waals surface area contributed by atoms with Crippen LogP contribution in [0.2, 0.25) is 0 Å². The fraction of sp³-hybridized carbons (Fsp3) is 0.729. The van der Waals surface area contributed by atoms with E-state index in [-0.39, 0.29) is 27.1 Å². The molecule has 0 saturated heterocycles. The van der Waals surface area contributed by atoms with Gasteiger partial charge in [0, 0.05) is 0 Å². The summed E-state index contributed by atoms with van der Waals surface area (Å²) in [7, 11) is 0. The van der Waals surface area contributed by atoms with Crippen molar-refractivity contribution in [2.45, 2.75) is 221 Å². The van der Waals surface area contributed by atoms with E-state index in [1.807, 2.05) is 0 Å². The average molecular weight is 690 g/mol. The van der Waals surface area contributed by atoms with Crippen LogP contribution in [0.5, 0.6) is 11.5 Å². The zero-order valence-electron chi connectivity index (χ0n) is 35.4. The Labute approximate surface area is 311 Å². The molecule has 2 aromatic carbocycles. The fourth-order valence-electron chi connectivity index (χ4n) is 7.41. The van der Waals surface area contributed by atoms with E-state index in [9.17, 15) is 10.2 Å². The van der Waals surface area contributed by atoms with Crippen LogP contribution in [0, 0.1) is 12.3 Å². The molecular weight excluding hydrogens is 609 g/mol. The van der Waals surface area contributed by atoms with Gasteiger partial charge in [-0.15, -0.1) is 0 Å². The molecule has 285 valence electrons. The average Bonchev–Trinajstić information content (AvgIpc) is 2.97. The molecule has 2 N–H and O–H groups in total. The van der Waals surface area contributed by atoms with E-state index in [1.165, 1.54) is 94.6 Å². The Morgan fingerprint density at radius 2 is 0.740 bits per heavy atom. The van der Waals surface area contributed by atoms with Crippen molar-refractivity contribution >= 4 is 0 Å². The highest BCUT2D eigenvalue weighted by molar-refractivity contribution is 5.51. The summed E-state index contributed by atoms with van der Waals surface area (Å²) in [6.45, 7) is 33.9. The molecule has 50 heavy (non-hydrogen) atoms. The smallest absolute Gasteiger partial charge is 0.122 e. The number of phenols is 2. The molecule has 0 aliphatic carbocycles. The Morgan fingerprint density at radius 1 is 0.440 bits per heavy atom. The van der Waals surface area contributed by atoms with Crippen LogP contribution in [0.25, 0.3) is 0 Å². The standard InChI is InChI=1S/C48H81O2/c1-15-16-17-18-19-20-21-22-23-24-25-26-27-28-29-48(14,34-36-30-38(44(2,3)4)32-40(42(36)49)46(8,9)10)35-37-31-39(45(5,6)7)33-41(43(37)50)47(11,12)13/h30-33,49-50H,14-29,34-35H2,1-13H3. The quantitative estimate of drug-likeness (QED) is 0.144. The zero-order chi connectivity index (χ0) is 38.0. The van der Waals surface area contributed by atoms with E-state index >= 15 is 0 Å². The van der Waals surface area contributed by atoms with Crippen molar-refractivity contribution in [3.63, 3.8) is 0 Å². The van der Waals surface area contributed by atoms with Gasteiger partial charge in [-0.25, -0.2) is 0 Å². The largest absolute Gasteiger partial charge is 0.507 e. The monoisotopic (exact) mass is 690 g/mol. The Morgan fingerprint density at radius 3 is 1.02 bits per heavy atom. The zero-order valence-corrected chi connectivity index (χ0v) is 35.4. The van der Waals surface area contributed by atoms with Crippen LogP contribution in [0.1, 0.15) is 220 Å². The second-order valence-electron chi connectivity index (χ2n) is 20.3. The first-order chi connectivity index (χ1) is 23.0. The number of phenolic OH excluding ortho intramolecular Hbond substituents is 2. The van der Waals surface area contributed by atoms with Gasteiger partial charge in [0.25, 0.3) is 0 Å². The number of rotatable bonds is 19. The van der Waals surface area contributed by atoms with Gasteiger partial charge in [-0.2, -0.15) is 0 Å². The summed E-state index contributed by atoms with van der Waals surface area (Å²) in [6.07, 6.45) is 21.1. The highest BCUT2D eigenvalue weighted by atomic mass is 16.3. The molecule has 0 atom stereocenters. The lowest BCUT2D eigenvalue weighted by atomic mass is 9.70. The molecule has 2 aromatic rings. The lowest BCUT2D eigenvalue weighted by Gasteiger charge is -2.35. The van der Waals surface area contributed by atoms with Crippen molar-refractivity contribution in [1.82, 2.24) is 0 Å². The first kappa shape index (κ1) is 44.2. The lowest BCUT2D eigenvalue weighted by Crippen LogP contribution is -2.26. The molecule has 0 aromatic heterocycles. The SMILES string of the molecule is [CH2]C(CCCCCCCCCCCCCCCC)(Cc1cc(C(C)(C)C)cc(C(C)(C)C)c1O)Cc1cc(C(C)(C)C)cc(C(C)(C)C)c1O. The summed E-state index contributed by atoms with van der Waals surface area (Å²) in [5.74, 6) is 0.838. The third-order valence-electron chi connectivity index (χ3n) is 10.9. The first-order valence-electron chi connectivity index (χ1n) is 20.6. The second-order valence-corrected chi connectivity index (χ2v) is 20.3. The van der Waals surface area contributed by atoms with Crippen LogP contribution < -0.4 is 0 Å². The Bertz CT molecular complexity index is 1220. The highest BCUT2D eigenvalue weighted by Crippen LogP contribution is 2.45. The van der Waals surface area contributed by atoms with Crippen molar-refractivity contribution in [3.05, 3.63) is 64.6 Å². The Kier molecular flexibility index (Phi) is 16.5. The third kappa shape index (κ3) is 14.2. The maximum Gasteiger partial charge on any atom is 0.122 e. The molecule has 0 aliphatic heterocycles. The number of benzene rings is 2. The molecule has 2 heteroatoms. The van der Waals surface area contributed by atoms with Crippen LogP contribution in [0.15, 0.2) is 24.3 Å². The van der Waals surface area contributed by atoms with Crippen LogP contribution >= 0.6 is 0 Å². The van der Waals surface area contributed by atoms with Crippen molar-refractivity contribution in [2.24, 2.45) is 5.41 Å². The molecule has 2 rings (SSSR count). The van der Waals surface area contributed by atoms with Crippen LogP contribution in [-0.2, 0) is 34.5 Å². The van der Waals surface area contributed by atoms with Gasteiger partial charge in [-0.3, -0.25) is 0 Å². The summed E-state index contributed by atoms with van der Waals surface area (Å²) in [5, 5.41) is 23.6. The molecule has 0 amide bonds. The van der Waals surface area contributed by atoms with E-state index in [1.54, 1.807) is 0 Å². The molecule has 0 fully saturated rings. The maximum absolute atomic E-state index is 11.8. The maximum atomic E-state index is 11.8. The van der Waals surface area contributed by atoms with Crippen LogP contribution in [0.4, 0.5) is 0 Å². The Hall–Kier alpha value is -1.96. The summed E-state index contributed by atoms with van der Waals surface area (Å²) in [6, 6.07) is 8.90. The molecule has 0 spiro atoms. The molecular formula is C48H81O2. The summed E-state index contributed by atoms with van der Waals surface area (Å²) in [5.41, 5.74) is 5.68. The molecule has 0 aliphatic rings. The predicted molar refractivity (Wildman–Crippen MR) is 221 cm³/mol. The highest BCUT2D eigenvalue weighted by Gasteiger charge is 2.33. The van der Waals surface area contributed by atoms with Gasteiger partial charge in [0.15, 0.2) is 0 Å². The summed E-state index contributed by atoms with van der Waals surface area (Å²) >= 11 is 0. The van der Waals surface area contributed by atoms with Gasteiger partial charge < -0.3 is 10.2 Å². The number of hydrogen-bond donors (Lipinski definition) is 2. The molecule has 0 unspecified atom stereocenters. The number of hydrogen-bond acceptors (Lipinski definition) is 2. The predicted octanol–water partition coefficient (Wildman–Crippen LogP) is 14.8. The van der Waals surface area contributed by atoms with Crippen LogP contribution in [-0.4, -0.2) is 10.2 Å². The van der Waals surface area contributed by atoms with E-state index in [0.717, 1.165) is 35.1 Å². The van der Waals surface area contributed by atoms with Gasteiger partial charge in [0.05, 0.1) is 0 Å². The Balaban J connectivity index is 2.32. The molecule has 0 heterocycles. The minimum Gasteiger partial charge on any atom is -0.507 e. The minimum absolute atomic E-state index is 0.0398. The van der Waals surface area contributed by atoms with Gasteiger partial charge in [0.1, 0.15) is 11.5 Å². The van der Waals surface area contributed by atoms with Gasteiger partial charge in [-0.05, 0) is 86.6 Å². The van der Waals surface area contributed by atoms with Crippen molar-refractivity contribution in [2.75, 3.05) is 0 Å². The van der Waals surface area contributed by atoms with Crippen LogP contribution in [0.3, 0.4) is 0 Å². The summed E-state index contributed by atoms with van der Waals surface area (Å²) < 4.78 is 0. The summed E-state index contributed by atoms with van der Waals surface area (Å²) in [4.78, 5) is 0. The van der Waals surface area contributed by atoms with Gasteiger partial charge in [-0.1, -0.05) is 204 Å². The van der Waals surface area contributed by atoms with E-state index in [0.29, 0.717) is 24.3 Å². The first-order valence-corrected chi connectivity index (χ1v) is 20.6.